The Labute approximate surface area is 89.5 Å². The van der Waals surface area contributed by atoms with E-state index in [9.17, 15) is 8.78 Å². The van der Waals surface area contributed by atoms with E-state index in [-0.39, 0.29) is 11.1 Å². The van der Waals surface area contributed by atoms with Gasteiger partial charge in [0.2, 0.25) is 0 Å². The molecule has 0 fully saturated rings. The van der Waals surface area contributed by atoms with Gasteiger partial charge < -0.3 is 0 Å². The molecule has 13 heavy (non-hydrogen) atoms. The van der Waals surface area contributed by atoms with Crippen molar-refractivity contribution in [2.75, 3.05) is 0 Å². The predicted molar refractivity (Wildman–Crippen MR) is 54.9 cm³/mol. The first-order chi connectivity index (χ1) is 5.82. The minimum Gasteiger partial charge on any atom is -0.266 e. The number of halogens is 3. The maximum absolute atomic E-state index is 12.4. The molecule has 0 atom stereocenters. The van der Waals surface area contributed by atoms with Crippen LogP contribution in [0.3, 0.4) is 0 Å². The lowest BCUT2D eigenvalue weighted by Gasteiger charge is -2.18. The fourth-order valence-electron chi connectivity index (χ4n) is 0.856. The van der Waals surface area contributed by atoms with Gasteiger partial charge in [0.1, 0.15) is 3.70 Å². The molecule has 0 radical (unpaired) electrons. The Hall–Kier alpha value is -0.200. The Balaban J connectivity index is 3.10. The van der Waals surface area contributed by atoms with Gasteiger partial charge in [-0.3, -0.25) is 4.68 Å². The number of rotatable bonds is 1. The van der Waals surface area contributed by atoms with Crippen LogP contribution in [-0.4, -0.2) is 9.78 Å². The van der Waals surface area contributed by atoms with Gasteiger partial charge in [-0.15, -0.1) is 0 Å². The van der Waals surface area contributed by atoms with E-state index < -0.39 is 6.43 Å². The maximum atomic E-state index is 12.4. The first kappa shape index (κ1) is 10.9. The van der Waals surface area contributed by atoms with E-state index in [4.69, 9.17) is 0 Å². The molecule has 0 N–H and O–H groups in total. The molecule has 0 saturated heterocycles. The molecule has 1 rings (SSSR count). The van der Waals surface area contributed by atoms with Gasteiger partial charge in [0.25, 0.3) is 6.43 Å². The second-order valence-corrected chi connectivity index (χ2v) is 4.81. The van der Waals surface area contributed by atoms with Crippen molar-refractivity contribution in [2.45, 2.75) is 32.7 Å². The molecule has 74 valence electrons. The van der Waals surface area contributed by atoms with Crippen molar-refractivity contribution in [3.63, 3.8) is 0 Å². The molecule has 0 aliphatic heterocycles. The molecule has 1 aromatic rings. The van der Waals surface area contributed by atoms with E-state index >= 15 is 0 Å². The molecule has 0 aromatic carbocycles. The van der Waals surface area contributed by atoms with Gasteiger partial charge in [-0.25, -0.2) is 8.78 Å². The van der Waals surface area contributed by atoms with Crippen LogP contribution < -0.4 is 0 Å². The van der Waals surface area contributed by atoms with Crippen molar-refractivity contribution in [1.29, 1.82) is 0 Å². The molecule has 1 heterocycles. The van der Waals surface area contributed by atoms with E-state index in [0.29, 0.717) is 3.70 Å². The summed E-state index contributed by atoms with van der Waals surface area (Å²) < 4.78 is 26.7. The van der Waals surface area contributed by atoms with Crippen molar-refractivity contribution in [1.82, 2.24) is 9.78 Å². The fraction of sp³-hybridized carbons (Fsp3) is 0.625. The van der Waals surface area contributed by atoms with E-state index in [1.165, 1.54) is 6.20 Å². The minimum atomic E-state index is -2.44. The lowest BCUT2D eigenvalue weighted by molar-refractivity contribution is 0.150. The van der Waals surface area contributed by atoms with Crippen LogP contribution in [0.25, 0.3) is 0 Å². The molecule has 0 saturated carbocycles. The summed E-state index contributed by atoms with van der Waals surface area (Å²) in [7, 11) is 0. The molecular weight excluding hydrogens is 289 g/mol. The highest BCUT2D eigenvalue weighted by Crippen LogP contribution is 2.25. The molecular formula is C8H11F2IN2. The van der Waals surface area contributed by atoms with Crippen LogP contribution in [0.15, 0.2) is 6.20 Å². The Morgan fingerprint density at radius 1 is 1.46 bits per heavy atom. The highest BCUT2D eigenvalue weighted by atomic mass is 127. The molecule has 0 aliphatic rings. The topological polar surface area (TPSA) is 17.8 Å². The molecule has 2 nitrogen and oxygen atoms in total. The van der Waals surface area contributed by atoms with Gasteiger partial charge in [-0.2, -0.15) is 5.10 Å². The normalized spacial score (nSPS) is 12.5. The summed E-state index contributed by atoms with van der Waals surface area (Å²) in [5, 5.41) is 4.03. The maximum Gasteiger partial charge on any atom is 0.267 e. The number of aromatic nitrogens is 2. The zero-order chi connectivity index (χ0) is 10.2. The Morgan fingerprint density at radius 2 is 2.00 bits per heavy atom. The van der Waals surface area contributed by atoms with Gasteiger partial charge in [0, 0.05) is 6.20 Å². The lowest BCUT2D eigenvalue weighted by atomic mass is 10.1. The van der Waals surface area contributed by atoms with Crippen LogP contribution in [0.1, 0.15) is 32.8 Å². The standard InChI is InChI=1S/C8H11F2IN2/c1-8(2,3)13-4-5(6(9)10)7(11)12-13/h4,6H,1-3H3. The number of nitrogens with zero attached hydrogens (tertiary/aromatic N) is 2. The van der Waals surface area contributed by atoms with Gasteiger partial charge in [-0.05, 0) is 43.4 Å². The second kappa shape index (κ2) is 3.51. The smallest absolute Gasteiger partial charge is 0.266 e. The first-order valence-electron chi connectivity index (χ1n) is 3.86. The van der Waals surface area contributed by atoms with E-state index in [1.807, 2.05) is 43.4 Å². The Bertz CT molecular complexity index is 302. The monoisotopic (exact) mass is 300 g/mol. The molecule has 0 aliphatic carbocycles. The summed E-state index contributed by atoms with van der Waals surface area (Å²) in [6, 6.07) is 0. The third-order valence-corrected chi connectivity index (χ3v) is 2.46. The number of alkyl halides is 2. The van der Waals surface area contributed by atoms with Gasteiger partial charge >= 0.3 is 0 Å². The zero-order valence-electron chi connectivity index (χ0n) is 7.68. The largest absolute Gasteiger partial charge is 0.267 e. The summed E-state index contributed by atoms with van der Waals surface area (Å²) in [5.41, 5.74) is -0.233. The van der Waals surface area contributed by atoms with Crippen LogP contribution in [0.5, 0.6) is 0 Å². The van der Waals surface area contributed by atoms with Crippen molar-refractivity contribution < 1.29 is 8.78 Å². The van der Waals surface area contributed by atoms with Crippen molar-refractivity contribution >= 4 is 22.6 Å². The van der Waals surface area contributed by atoms with E-state index in [1.54, 1.807) is 4.68 Å². The molecule has 1 aromatic heterocycles. The molecule has 0 spiro atoms. The molecule has 5 heteroatoms. The minimum absolute atomic E-state index is 0.00975. The lowest BCUT2D eigenvalue weighted by Crippen LogP contribution is -2.22. The third-order valence-electron chi connectivity index (χ3n) is 1.62. The number of hydrogen-bond acceptors (Lipinski definition) is 1. The Morgan fingerprint density at radius 3 is 2.23 bits per heavy atom. The van der Waals surface area contributed by atoms with Crippen LogP contribution in [0.2, 0.25) is 0 Å². The van der Waals surface area contributed by atoms with Gasteiger partial charge in [-0.1, -0.05) is 0 Å². The number of hydrogen-bond donors (Lipinski definition) is 0. The average Bonchev–Trinajstić information content (AvgIpc) is 2.29. The van der Waals surface area contributed by atoms with Crippen molar-refractivity contribution in [2.24, 2.45) is 0 Å². The quantitative estimate of drug-likeness (QED) is 0.728. The first-order valence-corrected chi connectivity index (χ1v) is 4.94. The average molecular weight is 300 g/mol. The van der Waals surface area contributed by atoms with E-state index in [2.05, 4.69) is 5.10 Å². The summed E-state index contributed by atoms with van der Waals surface area (Å²) in [4.78, 5) is 0. The van der Waals surface area contributed by atoms with Crippen LogP contribution in [0, 0.1) is 3.70 Å². The predicted octanol–water partition coefficient (Wildman–Crippen LogP) is 3.18. The Kier molecular flexibility index (Phi) is 2.94. The van der Waals surface area contributed by atoms with Gasteiger partial charge in [0.15, 0.2) is 0 Å². The fourth-order valence-corrected chi connectivity index (χ4v) is 1.46. The van der Waals surface area contributed by atoms with E-state index in [0.717, 1.165) is 0 Å². The summed E-state index contributed by atoms with van der Waals surface area (Å²) in [6.45, 7) is 5.77. The molecule has 0 bridgehead atoms. The second-order valence-electron chi connectivity index (χ2n) is 3.79. The van der Waals surface area contributed by atoms with Crippen LogP contribution in [-0.2, 0) is 5.54 Å². The van der Waals surface area contributed by atoms with Gasteiger partial charge in [0.05, 0.1) is 11.1 Å². The SMILES string of the molecule is CC(C)(C)n1cc(C(F)F)c(I)n1. The van der Waals surface area contributed by atoms with Crippen LogP contribution in [0.4, 0.5) is 8.78 Å². The van der Waals surface area contributed by atoms with Crippen molar-refractivity contribution in [3.05, 3.63) is 15.5 Å². The molecule has 0 amide bonds. The highest BCUT2D eigenvalue weighted by Gasteiger charge is 2.21. The highest BCUT2D eigenvalue weighted by molar-refractivity contribution is 14.1. The molecule has 0 unspecified atom stereocenters. The zero-order valence-corrected chi connectivity index (χ0v) is 9.84. The summed E-state index contributed by atoms with van der Waals surface area (Å²) >= 11 is 1.82. The summed E-state index contributed by atoms with van der Waals surface area (Å²) in [5.74, 6) is 0. The summed E-state index contributed by atoms with van der Waals surface area (Å²) in [6.07, 6.45) is -1.03. The third kappa shape index (κ3) is 2.38. The van der Waals surface area contributed by atoms with Crippen molar-refractivity contribution in [3.8, 4) is 0 Å². The van der Waals surface area contributed by atoms with Crippen LogP contribution >= 0.6 is 22.6 Å².